The van der Waals surface area contributed by atoms with Crippen molar-refractivity contribution in [2.45, 2.75) is 31.3 Å². The SMILES string of the molecule is CC(OC(=O)Nc1cnoc1-c1cc2sc(C3(C(=O)O)CC3)cc2s1)c1ccccc1. The Balaban J connectivity index is 1.33. The van der Waals surface area contributed by atoms with Crippen LogP contribution in [0.4, 0.5) is 10.5 Å². The number of thiophene rings is 2. The molecule has 1 fully saturated rings. The normalized spacial score (nSPS) is 15.5. The van der Waals surface area contributed by atoms with Crippen LogP contribution in [0.25, 0.3) is 20.0 Å². The molecule has 0 aliphatic heterocycles. The van der Waals surface area contributed by atoms with Gasteiger partial charge in [0.2, 0.25) is 0 Å². The van der Waals surface area contributed by atoms with E-state index in [9.17, 15) is 14.7 Å². The maximum absolute atomic E-state index is 12.4. The summed E-state index contributed by atoms with van der Waals surface area (Å²) in [5.41, 5.74) is 0.609. The van der Waals surface area contributed by atoms with Crippen molar-refractivity contribution >= 4 is 49.8 Å². The number of nitrogens with zero attached hydrogens (tertiary/aromatic N) is 1. The zero-order valence-electron chi connectivity index (χ0n) is 16.5. The van der Waals surface area contributed by atoms with Crippen LogP contribution >= 0.6 is 22.7 Å². The standard InChI is InChI=1S/C22H18N2O5S2/c1-12(13-5-3-2-4-6-13)28-21(27)24-14-11-23-29-19(14)17-9-15-16(30-17)10-18(31-15)22(7-8-22)20(25)26/h2-6,9-12H,7-8H2,1H3,(H,24,27)(H,25,26). The number of carbonyl (C=O) groups excluding carboxylic acids is 1. The van der Waals surface area contributed by atoms with E-state index in [4.69, 9.17) is 9.26 Å². The summed E-state index contributed by atoms with van der Waals surface area (Å²) in [4.78, 5) is 25.7. The Morgan fingerprint density at radius 1 is 1.19 bits per heavy atom. The first-order valence-corrected chi connectivity index (χ1v) is 11.3. The molecule has 1 unspecified atom stereocenters. The van der Waals surface area contributed by atoms with Crippen LogP contribution in [-0.4, -0.2) is 22.3 Å². The van der Waals surface area contributed by atoms with Crippen LogP contribution in [0.2, 0.25) is 0 Å². The fraction of sp³-hybridized carbons (Fsp3) is 0.227. The summed E-state index contributed by atoms with van der Waals surface area (Å²) in [7, 11) is 0. The van der Waals surface area contributed by atoms with E-state index < -0.39 is 23.6 Å². The van der Waals surface area contributed by atoms with Gasteiger partial charge in [-0.25, -0.2) is 4.79 Å². The molecular weight excluding hydrogens is 436 g/mol. The summed E-state index contributed by atoms with van der Waals surface area (Å²) in [5, 5.41) is 16.0. The first-order valence-electron chi connectivity index (χ1n) is 9.71. The van der Waals surface area contributed by atoms with Gasteiger partial charge in [0.15, 0.2) is 5.76 Å². The number of hydrogen-bond donors (Lipinski definition) is 2. The van der Waals surface area contributed by atoms with Crippen molar-refractivity contribution in [3.8, 4) is 10.6 Å². The largest absolute Gasteiger partial charge is 0.481 e. The molecule has 1 aliphatic carbocycles. The number of amides is 1. The first-order chi connectivity index (χ1) is 15.0. The van der Waals surface area contributed by atoms with E-state index >= 15 is 0 Å². The predicted molar refractivity (Wildman–Crippen MR) is 119 cm³/mol. The van der Waals surface area contributed by atoms with E-state index in [1.807, 2.05) is 42.5 Å². The highest BCUT2D eigenvalue weighted by atomic mass is 32.1. The van der Waals surface area contributed by atoms with E-state index in [1.54, 1.807) is 6.92 Å². The molecule has 2 N–H and O–H groups in total. The lowest BCUT2D eigenvalue weighted by Crippen LogP contribution is -2.17. The lowest BCUT2D eigenvalue weighted by molar-refractivity contribution is -0.139. The molecule has 3 aromatic heterocycles. The van der Waals surface area contributed by atoms with Gasteiger partial charge in [-0.15, -0.1) is 22.7 Å². The Morgan fingerprint density at radius 2 is 1.94 bits per heavy atom. The van der Waals surface area contributed by atoms with Crippen LogP contribution < -0.4 is 5.32 Å². The molecule has 0 bridgehead atoms. The molecule has 1 saturated carbocycles. The van der Waals surface area contributed by atoms with Gasteiger partial charge in [0.1, 0.15) is 17.2 Å². The lowest BCUT2D eigenvalue weighted by atomic mass is 10.1. The summed E-state index contributed by atoms with van der Waals surface area (Å²) in [6, 6.07) is 13.4. The number of hydrogen-bond acceptors (Lipinski definition) is 7. The number of rotatable bonds is 6. The van der Waals surface area contributed by atoms with Crippen molar-refractivity contribution in [3.63, 3.8) is 0 Å². The van der Waals surface area contributed by atoms with Gasteiger partial charge in [0, 0.05) is 14.3 Å². The Kier molecular flexibility index (Phi) is 4.79. The van der Waals surface area contributed by atoms with Crippen molar-refractivity contribution in [3.05, 3.63) is 59.1 Å². The third-order valence-electron chi connectivity index (χ3n) is 5.42. The van der Waals surface area contributed by atoms with E-state index in [0.29, 0.717) is 24.3 Å². The number of ether oxygens (including phenoxy) is 1. The summed E-state index contributed by atoms with van der Waals surface area (Å²) < 4.78 is 12.8. The molecule has 4 aromatic rings. The molecule has 5 rings (SSSR count). The van der Waals surface area contributed by atoms with Crippen molar-refractivity contribution < 1.29 is 24.0 Å². The number of carboxylic acid groups (broad SMARTS) is 1. The van der Waals surface area contributed by atoms with E-state index in [2.05, 4.69) is 10.5 Å². The highest BCUT2D eigenvalue weighted by molar-refractivity contribution is 7.29. The van der Waals surface area contributed by atoms with Gasteiger partial charge in [-0.1, -0.05) is 35.5 Å². The summed E-state index contributed by atoms with van der Waals surface area (Å²) in [6.07, 6.45) is 1.80. The molecule has 0 spiro atoms. The van der Waals surface area contributed by atoms with Gasteiger partial charge in [-0.05, 0) is 37.5 Å². The number of carbonyl (C=O) groups is 2. The molecule has 1 atom stereocenters. The van der Waals surface area contributed by atoms with Gasteiger partial charge in [-0.2, -0.15) is 0 Å². The average molecular weight is 455 g/mol. The van der Waals surface area contributed by atoms with Gasteiger partial charge in [0.05, 0.1) is 11.1 Å². The minimum atomic E-state index is -0.758. The molecule has 1 aromatic carbocycles. The summed E-state index contributed by atoms with van der Waals surface area (Å²) in [5.74, 6) is -0.315. The van der Waals surface area contributed by atoms with Crippen molar-refractivity contribution in [1.82, 2.24) is 5.16 Å². The quantitative estimate of drug-likeness (QED) is 0.368. The lowest BCUT2D eigenvalue weighted by Gasteiger charge is -2.13. The van der Waals surface area contributed by atoms with E-state index in [-0.39, 0.29) is 0 Å². The highest BCUT2D eigenvalue weighted by Gasteiger charge is 2.53. The number of benzene rings is 1. The Labute approximate surface area is 185 Å². The monoisotopic (exact) mass is 454 g/mol. The average Bonchev–Trinajstić information content (AvgIpc) is 3.05. The molecule has 1 amide bonds. The molecule has 158 valence electrons. The number of aliphatic carboxylic acids is 1. The number of aromatic nitrogens is 1. The van der Waals surface area contributed by atoms with Gasteiger partial charge in [0.25, 0.3) is 0 Å². The molecule has 7 nitrogen and oxygen atoms in total. The number of nitrogens with one attached hydrogen (secondary N) is 1. The second-order valence-corrected chi connectivity index (χ2v) is 9.66. The minimum Gasteiger partial charge on any atom is -0.481 e. The molecule has 0 radical (unpaired) electrons. The van der Waals surface area contributed by atoms with Crippen molar-refractivity contribution in [2.24, 2.45) is 0 Å². The van der Waals surface area contributed by atoms with Gasteiger partial charge < -0.3 is 14.4 Å². The predicted octanol–water partition coefficient (Wildman–Crippen LogP) is 6.04. The highest BCUT2D eigenvalue weighted by Crippen LogP contribution is 2.53. The fourth-order valence-electron chi connectivity index (χ4n) is 3.47. The van der Waals surface area contributed by atoms with E-state index in [1.165, 1.54) is 28.9 Å². The zero-order chi connectivity index (χ0) is 21.6. The van der Waals surface area contributed by atoms with Gasteiger partial charge in [-0.3, -0.25) is 10.1 Å². The number of fused-ring (bicyclic) bond motifs is 1. The Hall–Kier alpha value is -3.17. The Bertz CT molecular complexity index is 1240. The van der Waals surface area contributed by atoms with Crippen LogP contribution in [-0.2, 0) is 14.9 Å². The molecule has 0 saturated heterocycles. The number of carboxylic acids is 1. The second-order valence-electron chi connectivity index (χ2n) is 7.49. The third kappa shape index (κ3) is 3.60. The summed E-state index contributed by atoms with van der Waals surface area (Å²) >= 11 is 2.97. The maximum atomic E-state index is 12.4. The molecule has 3 heterocycles. The van der Waals surface area contributed by atoms with Crippen LogP contribution in [0.3, 0.4) is 0 Å². The number of anilines is 1. The topological polar surface area (TPSA) is 102 Å². The van der Waals surface area contributed by atoms with Crippen LogP contribution in [0.15, 0.2) is 53.2 Å². The van der Waals surface area contributed by atoms with Crippen molar-refractivity contribution in [2.75, 3.05) is 5.32 Å². The van der Waals surface area contributed by atoms with Gasteiger partial charge >= 0.3 is 12.1 Å². The van der Waals surface area contributed by atoms with Crippen LogP contribution in [0.5, 0.6) is 0 Å². The maximum Gasteiger partial charge on any atom is 0.412 e. The second kappa shape index (κ2) is 7.51. The third-order valence-corrected chi connectivity index (χ3v) is 7.92. The first kappa shape index (κ1) is 19.8. The molecule has 9 heteroatoms. The fourth-order valence-corrected chi connectivity index (χ4v) is 6.10. The minimum absolute atomic E-state index is 0.404. The zero-order valence-corrected chi connectivity index (χ0v) is 18.1. The van der Waals surface area contributed by atoms with E-state index in [0.717, 1.165) is 24.7 Å². The Morgan fingerprint density at radius 3 is 2.61 bits per heavy atom. The molecular formula is C22H18N2O5S2. The summed E-state index contributed by atoms with van der Waals surface area (Å²) in [6.45, 7) is 1.80. The molecule has 1 aliphatic rings. The van der Waals surface area contributed by atoms with Crippen molar-refractivity contribution in [1.29, 1.82) is 0 Å². The molecule has 31 heavy (non-hydrogen) atoms. The van der Waals surface area contributed by atoms with Crippen LogP contribution in [0, 0.1) is 0 Å². The smallest absolute Gasteiger partial charge is 0.412 e. The van der Waals surface area contributed by atoms with Crippen LogP contribution in [0.1, 0.15) is 36.3 Å².